The van der Waals surface area contributed by atoms with Crippen LogP contribution in [0.5, 0.6) is 0 Å². The summed E-state index contributed by atoms with van der Waals surface area (Å²) in [6.45, 7) is 0. The van der Waals surface area contributed by atoms with Crippen LogP contribution in [-0.4, -0.2) is 11.0 Å². The zero-order valence-corrected chi connectivity index (χ0v) is 10.9. The summed E-state index contributed by atoms with van der Waals surface area (Å²) in [7, 11) is 0. The van der Waals surface area contributed by atoms with Crippen LogP contribution in [0.15, 0.2) is 54.6 Å². The second kappa shape index (κ2) is 6.82. The van der Waals surface area contributed by atoms with Crippen LogP contribution in [0.4, 0.5) is 10.1 Å². The normalized spacial score (nSPS) is 11.9. The van der Waals surface area contributed by atoms with Crippen molar-refractivity contribution in [3.05, 3.63) is 66.0 Å². The van der Waals surface area contributed by atoms with Gasteiger partial charge in [-0.25, -0.2) is 4.39 Å². The molecular weight excluding hydrogens is 257 g/mol. The molecule has 0 heterocycles. The van der Waals surface area contributed by atoms with Gasteiger partial charge >= 0.3 is 0 Å². The predicted octanol–water partition coefficient (Wildman–Crippen LogP) is 3.28. The molecule has 0 saturated carbocycles. The van der Waals surface area contributed by atoms with E-state index in [2.05, 4.69) is 5.32 Å². The number of anilines is 1. The topological polar surface area (TPSA) is 49.3 Å². The number of halogens is 1. The standard InChI is InChI=1S/C16H16FNO2/c17-13-7-4-8-14(11-13)18-16(20)10-9-15(19)12-5-2-1-3-6-12/h1-8,11,15,19H,9-10H2,(H,18,20). The molecule has 2 aromatic carbocycles. The van der Waals surface area contributed by atoms with Gasteiger partial charge in [-0.3, -0.25) is 4.79 Å². The van der Waals surface area contributed by atoms with Gasteiger partial charge in [0.05, 0.1) is 6.10 Å². The van der Waals surface area contributed by atoms with Gasteiger partial charge in [0, 0.05) is 12.1 Å². The molecule has 3 nitrogen and oxygen atoms in total. The Morgan fingerprint density at radius 1 is 1.15 bits per heavy atom. The van der Waals surface area contributed by atoms with E-state index in [1.165, 1.54) is 18.2 Å². The van der Waals surface area contributed by atoms with E-state index >= 15 is 0 Å². The number of aliphatic hydroxyl groups excluding tert-OH is 1. The maximum atomic E-state index is 13.0. The predicted molar refractivity (Wildman–Crippen MR) is 75.7 cm³/mol. The van der Waals surface area contributed by atoms with E-state index in [0.717, 1.165) is 5.56 Å². The van der Waals surface area contributed by atoms with E-state index in [1.807, 2.05) is 30.3 Å². The van der Waals surface area contributed by atoms with Gasteiger partial charge < -0.3 is 10.4 Å². The molecule has 104 valence electrons. The summed E-state index contributed by atoms with van der Waals surface area (Å²) < 4.78 is 13.0. The van der Waals surface area contributed by atoms with Crippen LogP contribution in [0.2, 0.25) is 0 Å². The fourth-order valence-electron chi connectivity index (χ4n) is 1.90. The SMILES string of the molecule is O=C(CCC(O)c1ccccc1)Nc1cccc(F)c1. The summed E-state index contributed by atoms with van der Waals surface area (Å²) in [5.41, 5.74) is 1.20. The molecule has 1 amide bonds. The van der Waals surface area contributed by atoms with Crippen molar-refractivity contribution in [1.29, 1.82) is 0 Å². The Labute approximate surface area is 117 Å². The lowest BCUT2D eigenvalue weighted by molar-refractivity contribution is -0.116. The van der Waals surface area contributed by atoms with Crippen LogP contribution in [0.25, 0.3) is 0 Å². The fourth-order valence-corrected chi connectivity index (χ4v) is 1.90. The van der Waals surface area contributed by atoms with E-state index in [4.69, 9.17) is 0 Å². The lowest BCUT2D eigenvalue weighted by atomic mass is 10.0. The Bertz CT molecular complexity index is 572. The van der Waals surface area contributed by atoms with Crippen molar-refractivity contribution < 1.29 is 14.3 Å². The zero-order valence-electron chi connectivity index (χ0n) is 10.9. The molecule has 2 rings (SSSR count). The number of carbonyl (C=O) groups excluding carboxylic acids is 1. The van der Waals surface area contributed by atoms with Crippen molar-refractivity contribution in [3.63, 3.8) is 0 Å². The van der Waals surface area contributed by atoms with Crippen molar-refractivity contribution >= 4 is 11.6 Å². The van der Waals surface area contributed by atoms with Crippen LogP contribution < -0.4 is 5.32 Å². The van der Waals surface area contributed by atoms with Gasteiger partial charge in [0.15, 0.2) is 0 Å². The fraction of sp³-hybridized carbons (Fsp3) is 0.188. The highest BCUT2D eigenvalue weighted by atomic mass is 19.1. The summed E-state index contributed by atoms with van der Waals surface area (Å²) in [5, 5.41) is 12.5. The number of amides is 1. The molecule has 4 heteroatoms. The molecule has 1 unspecified atom stereocenters. The van der Waals surface area contributed by atoms with Crippen LogP contribution >= 0.6 is 0 Å². The van der Waals surface area contributed by atoms with E-state index in [1.54, 1.807) is 6.07 Å². The molecule has 20 heavy (non-hydrogen) atoms. The first-order valence-corrected chi connectivity index (χ1v) is 6.43. The van der Waals surface area contributed by atoms with E-state index < -0.39 is 11.9 Å². The number of hydrogen-bond donors (Lipinski definition) is 2. The third kappa shape index (κ3) is 4.17. The molecule has 1 atom stereocenters. The molecule has 0 aromatic heterocycles. The summed E-state index contributed by atoms with van der Waals surface area (Å²) >= 11 is 0. The number of nitrogens with one attached hydrogen (secondary N) is 1. The second-order valence-corrected chi connectivity index (χ2v) is 4.52. The average molecular weight is 273 g/mol. The second-order valence-electron chi connectivity index (χ2n) is 4.52. The summed E-state index contributed by atoms with van der Waals surface area (Å²) in [6, 6.07) is 14.9. The Morgan fingerprint density at radius 2 is 1.90 bits per heavy atom. The lowest BCUT2D eigenvalue weighted by Gasteiger charge is -2.11. The zero-order chi connectivity index (χ0) is 14.4. The smallest absolute Gasteiger partial charge is 0.224 e. The first-order chi connectivity index (χ1) is 9.65. The lowest BCUT2D eigenvalue weighted by Crippen LogP contribution is -2.13. The summed E-state index contributed by atoms with van der Waals surface area (Å²) in [4.78, 5) is 11.7. The Hall–Kier alpha value is -2.20. The van der Waals surface area contributed by atoms with Gasteiger partial charge in [0.2, 0.25) is 5.91 Å². The highest BCUT2D eigenvalue weighted by Gasteiger charge is 2.10. The Morgan fingerprint density at radius 3 is 2.60 bits per heavy atom. The van der Waals surface area contributed by atoms with Crippen molar-refractivity contribution in [1.82, 2.24) is 0 Å². The first-order valence-electron chi connectivity index (χ1n) is 6.43. The number of hydrogen-bond acceptors (Lipinski definition) is 2. The Balaban J connectivity index is 1.83. The van der Waals surface area contributed by atoms with E-state index in [-0.39, 0.29) is 12.3 Å². The molecule has 0 fully saturated rings. The highest BCUT2D eigenvalue weighted by molar-refractivity contribution is 5.90. The summed E-state index contributed by atoms with van der Waals surface area (Å²) in [6.07, 6.45) is -0.174. The molecule has 0 radical (unpaired) electrons. The van der Waals surface area contributed by atoms with Gasteiger partial charge in [-0.1, -0.05) is 36.4 Å². The molecule has 0 saturated heterocycles. The monoisotopic (exact) mass is 273 g/mol. The van der Waals surface area contributed by atoms with Gasteiger partial charge in [0.1, 0.15) is 5.82 Å². The molecular formula is C16H16FNO2. The Kier molecular flexibility index (Phi) is 4.85. The van der Waals surface area contributed by atoms with Crippen LogP contribution in [-0.2, 0) is 4.79 Å². The van der Waals surface area contributed by atoms with Crippen molar-refractivity contribution in [2.75, 3.05) is 5.32 Å². The van der Waals surface area contributed by atoms with Crippen LogP contribution in [0, 0.1) is 5.82 Å². The van der Waals surface area contributed by atoms with Gasteiger partial charge in [-0.15, -0.1) is 0 Å². The molecule has 0 aliphatic heterocycles. The highest BCUT2D eigenvalue weighted by Crippen LogP contribution is 2.18. The minimum Gasteiger partial charge on any atom is -0.388 e. The molecule has 0 spiro atoms. The number of carbonyl (C=O) groups is 1. The molecule has 0 aliphatic rings. The molecule has 2 aromatic rings. The van der Waals surface area contributed by atoms with Gasteiger partial charge in [-0.05, 0) is 30.2 Å². The van der Waals surface area contributed by atoms with Crippen molar-refractivity contribution in [2.45, 2.75) is 18.9 Å². The maximum absolute atomic E-state index is 13.0. The number of benzene rings is 2. The largest absolute Gasteiger partial charge is 0.388 e. The third-order valence-electron chi connectivity index (χ3n) is 2.94. The molecule has 0 aliphatic carbocycles. The maximum Gasteiger partial charge on any atom is 0.224 e. The number of aliphatic hydroxyl groups is 1. The summed E-state index contributed by atoms with van der Waals surface area (Å²) in [5.74, 6) is -0.641. The minimum absolute atomic E-state index is 0.173. The van der Waals surface area contributed by atoms with Crippen molar-refractivity contribution in [3.8, 4) is 0 Å². The minimum atomic E-state index is -0.672. The molecule has 2 N–H and O–H groups in total. The number of rotatable bonds is 5. The quantitative estimate of drug-likeness (QED) is 0.878. The van der Waals surface area contributed by atoms with Crippen LogP contribution in [0.1, 0.15) is 24.5 Å². The third-order valence-corrected chi connectivity index (χ3v) is 2.94. The van der Waals surface area contributed by atoms with Crippen molar-refractivity contribution in [2.24, 2.45) is 0 Å². The van der Waals surface area contributed by atoms with Crippen LogP contribution in [0.3, 0.4) is 0 Å². The van der Waals surface area contributed by atoms with Gasteiger partial charge in [-0.2, -0.15) is 0 Å². The van der Waals surface area contributed by atoms with Gasteiger partial charge in [0.25, 0.3) is 0 Å². The molecule has 0 bridgehead atoms. The average Bonchev–Trinajstić information content (AvgIpc) is 2.46. The van der Waals surface area contributed by atoms with E-state index in [0.29, 0.717) is 12.1 Å². The first kappa shape index (κ1) is 14.2. The van der Waals surface area contributed by atoms with E-state index in [9.17, 15) is 14.3 Å².